The maximum absolute atomic E-state index is 12.4. The second-order valence-electron chi connectivity index (χ2n) is 6.73. The van der Waals surface area contributed by atoms with E-state index in [2.05, 4.69) is 5.32 Å². The summed E-state index contributed by atoms with van der Waals surface area (Å²) in [7, 11) is 1.49. The Kier molecular flexibility index (Phi) is 7.83. The number of carbonyl (C=O) groups is 2. The van der Waals surface area contributed by atoms with E-state index in [0.717, 1.165) is 0 Å². The number of carbonyl (C=O) groups excluding carboxylic acids is 2. The molecule has 0 fully saturated rings. The number of halogens is 1. The summed E-state index contributed by atoms with van der Waals surface area (Å²) in [5, 5.41) is 3.03. The Morgan fingerprint density at radius 3 is 2.66 bits per heavy atom. The number of anilines is 1. The number of hydrogen-bond acceptors (Lipinski definition) is 7. The molecule has 32 heavy (non-hydrogen) atoms. The summed E-state index contributed by atoms with van der Waals surface area (Å²) in [5.74, 6) is 0.880. The molecule has 0 spiro atoms. The van der Waals surface area contributed by atoms with Gasteiger partial charge < -0.3 is 29.0 Å². The van der Waals surface area contributed by atoms with E-state index in [1.54, 1.807) is 30.3 Å². The average molecular weight is 462 g/mol. The molecule has 1 amide bonds. The van der Waals surface area contributed by atoms with Crippen LogP contribution in [0.4, 0.5) is 5.69 Å². The molecule has 2 aromatic rings. The molecule has 0 aromatic heterocycles. The monoisotopic (exact) mass is 461 g/mol. The van der Waals surface area contributed by atoms with E-state index in [-0.39, 0.29) is 0 Å². The van der Waals surface area contributed by atoms with Crippen LogP contribution < -0.4 is 24.3 Å². The second kappa shape index (κ2) is 10.8. The third-order valence-electron chi connectivity index (χ3n) is 4.42. The second-order valence-corrected chi connectivity index (χ2v) is 7.13. The molecule has 0 radical (unpaired) electrons. The van der Waals surface area contributed by atoms with Crippen molar-refractivity contribution in [2.45, 2.75) is 20.0 Å². The topological polar surface area (TPSA) is 92.3 Å². The van der Waals surface area contributed by atoms with E-state index in [1.807, 2.05) is 6.92 Å². The predicted octanol–water partition coefficient (Wildman–Crippen LogP) is 4.10. The van der Waals surface area contributed by atoms with Crippen molar-refractivity contribution in [1.29, 1.82) is 0 Å². The quantitative estimate of drug-likeness (QED) is 0.467. The number of fused-ring (bicyclic) bond motifs is 1. The molecular formula is C23H24ClNO7. The Balaban J connectivity index is 1.59. The first-order chi connectivity index (χ1) is 15.4. The molecule has 1 aliphatic rings. The fourth-order valence-electron chi connectivity index (χ4n) is 2.94. The van der Waals surface area contributed by atoms with Crippen LogP contribution in [-0.2, 0) is 14.3 Å². The van der Waals surface area contributed by atoms with Gasteiger partial charge in [-0.3, -0.25) is 4.79 Å². The zero-order valence-electron chi connectivity index (χ0n) is 18.0. The number of nitrogens with one attached hydrogen (secondary N) is 1. The number of rotatable bonds is 8. The molecule has 2 aromatic carbocycles. The molecule has 170 valence electrons. The summed E-state index contributed by atoms with van der Waals surface area (Å²) in [6.07, 6.45) is 1.71. The highest BCUT2D eigenvalue weighted by Gasteiger charge is 2.19. The number of ether oxygens (including phenoxy) is 5. The van der Waals surface area contributed by atoms with Crippen LogP contribution >= 0.6 is 11.6 Å². The predicted molar refractivity (Wildman–Crippen MR) is 120 cm³/mol. The highest BCUT2D eigenvalue weighted by Crippen LogP contribution is 2.36. The van der Waals surface area contributed by atoms with E-state index in [0.29, 0.717) is 59.1 Å². The van der Waals surface area contributed by atoms with E-state index in [1.165, 1.54) is 26.2 Å². The van der Waals surface area contributed by atoms with Crippen LogP contribution in [0.5, 0.6) is 23.0 Å². The van der Waals surface area contributed by atoms with Crippen molar-refractivity contribution in [3.05, 3.63) is 47.0 Å². The lowest BCUT2D eigenvalue weighted by atomic mass is 10.2. The molecule has 8 nitrogen and oxygen atoms in total. The van der Waals surface area contributed by atoms with E-state index < -0.39 is 18.0 Å². The Morgan fingerprint density at radius 1 is 1.19 bits per heavy atom. The molecule has 1 aliphatic heterocycles. The third-order valence-corrected chi connectivity index (χ3v) is 4.70. The number of methoxy groups -OCH3 is 1. The minimum atomic E-state index is -1.02. The van der Waals surface area contributed by atoms with Crippen LogP contribution in [0.15, 0.2) is 36.4 Å². The molecule has 1 N–H and O–H groups in total. The van der Waals surface area contributed by atoms with Crippen molar-refractivity contribution in [3.63, 3.8) is 0 Å². The summed E-state index contributed by atoms with van der Waals surface area (Å²) in [4.78, 5) is 24.6. The molecule has 0 aliphatic carbocycles. The number of hydrogen-bond donors (Lipinski definition) is 1. The molecule has 9 heteroatoms. The lowest BCUT2D eigenvalue weighted by Crippen LogP contribution is -2.29. The first-order valence-corrected chi connectivity index (χ1v) is 10.4. The first kappa shape index (κ1) is 23.3. The number of amides is 1. The van der Waals surface area contributed by atoms with Gasteiger partial charge in [-0.2, -0.15) is 0 Å². The summed E-state index contributed by atoms with van der Waals surface area (Å²) >= 11 is 6.21. The Bertz CT molecular complexity index is 1020. The van der Waals surface area contributed by atoms with Gasteiger partial charge in [0.1, 0.15) is 13.2 Å². The fourth-order valence-corrected chi connectivity index (χ4v) is 3.24. The van der Waals surface area contributed by atoms with Crippen molar-refractivity contribution < 1.29 is 33.3 Å². The van der Waals surface area contributed by atoms with Crippen molar-refractivity contribution in [2.24, 2.45) is 0 Å². The molecule has 3 rings (SSSR count). The summed E-state index contributed by atoms with van der Waals surface area (Å²) in [6, 6.07) is 8.37. The Labute approximate surface area is 191 Å². The van der Waals surface area contributed by atoms with Gasteiger partial charge in [-0.1, -0.05) is 11.6 Å². The highest BCUT2D eigenvalue weighted by molar-refractivity contribution is 6.32. The van der Waals surface area contributed by atoms with Crippen LogP contribution in [0.2, 0.25) is 5.02 Å². The van der Waals surface area contributed by atoms with Gasteiger partial charge in [0.15, 0.2) is 29.1 Å². The van der Waals surface area contributed by atoms with Gasteiger partial charge in [-0.05, 0) is 49.8 Å². The maximum atomic E-state index is 12.4. The zero-order chi connectivity index (χ0) is 23.1. The smallest absolute Gasteiger partial charge is 0.331 e. The summed E-state index contributed by atoms with van der Waals surface area (Å²) in [5.41, 5.74) is 1.12. The van der Waals surface area contributed by atoms with Gasteiger partial charge in [-0.25, -0.2) is 4.79 Å². The standard InChI is InChI=1S/C23H24ClNO7/c1-4-29-20-12-15(11-17(24)22(20)28-3)5-8-21(26)32-14(2)23(27)25-16-6-7-18-19(13-16)31-10-9-30-18/h5-8,11-14H,4,9-10H2,1-3H3,(H,25,27)/b8-5+. The van der Waals surface area contributed by atoms with Gasteiger partial charge >= 0.3 is 5.97 Å². The van der Waals surface area contributed by atoms with Crippen LogP contribution in [0, 0.1) is 0 Å². The van der Waals surface area contributed by atoms with E-state index >= 15 is 0 Å². The summed E-state index contributed by atoms with van der Waals surface area (Å²) < 4.78 is 26.9. The largest absolute Gasteiger partial charge is 0.491 e. The SMILES string of the molecule is CCOc1cc(/C=C/C(=O)OC(C)C(=O)Nc2ccc3c(c2)OCCO3)cc(Cl)c1OC. The minimum absolute atomic E-state index is 0.346. The first-order valence-electron chi connectivity index (χ1n) is 10.0. The Morgan fingerprint density at radius 2 is 1.94 bits per heavy atom. The molecular weight excluding hydrogens is 438 g/mol. The van der Waals surface area contributed by atoms with Gasteiger partial charge in [0.05, 0.1) is 18.7 Å². The van der Waals surface area contributed by atoms with Crippen LogP contribution in [0.25, 0.3) is 6.08 Å². The van der Waals surface area contributed by atoms with Crippen LogP contribution in [0.3, 0.4) is 0 Å². The minimum Gasteiger partial charge on any atom is -0.491 e. The van der Waals surface area contributed by atoms with Gasteiger partial charge in [0.25, 0.3) is 5.91 Å². The van der Waals surface area contributed by atoms with Crippen LogP contribution in [-0.4, -0.2) is 44.9 Å². The third kappa shape index (κ3) is 5.85. The van der Waals surface area contributed by atoms with Crippen molar-refractivity contribution in [3.8, 4) is 23.0 Å². The van der Waals surface area contributed by atoms with E-state index in [9.17, 15) is 9.59 Å². The lowest BCUT2D eigenvalue weighted by molar-refractivity contribution is -0.148. The van der Waals surface area contributed by atoms with Gasteiger partial charge in [0, 0.05) is 17.8 Å². The van der Waals surface area contributed by atoms with Crippen LogP contribution in [0.1, 0.15) is 19.4 Å². The number of benzene rings is 2. The molecule has 0 bridgehead atoms. The lowest BCUT2D eigenvalue weighted by Gasteiger charge is -2.19. The highest BCUT2D eigenvalue weighted by atomic mass is 35.5. The average Bonchev–Trinajstić information content (AvgIpc) is 2.77. The Hall–Kier alpha value is -3.39. The molecule has 1 heterocycles. The van der Waals surface area contributed by atoms with Gasteiger partial charge in [0.2, 0.25) is 0 Å². The number of esters is 1. The maximum Gasteiger partial charge on any atom is 0.331 e. The zero-order valence-corrected chi connectivity index (χ0v) is 18.7. The van der Waals surface area contributed by atoms with Gasteiger partial charge in [-0.15, -0.1) is 0 Å². The normalized spacial score (nSPS) is 13.4. The molecule has 1 unspecified atom stereocenters. The van der Waals surface area contributed by atoms with Crippen molar-refractivity contribution >= 4 is 35.2 Å². The molecule has 1 atom stereocenters. The van der Waals surface area contributed by atoms with E-state index in [4.69, 9.17) is 35.3 Å². The molecule has 0 saturated heterocycles. The fraction of sp³-hybridized carbons (Fsp3) is 0.304. The van der Waals surface area contributed by atoms with Crippen molar-refractivity contribution in [2.75, 3.05) is 32.2 Å². The molecule has 0 saturated carbocycles. The summed E-state index contributed by atoms with van der Waals surface area (Å²) in [6.45, 7) is 4.67. The van der Waals surface area contributed by atoms with Crippen molar-refractivity contribution in [1.82, 2.24) is 0 Å².